The molecule has 4 heteroatoms. The standard InChI is InChI=1S/C15H23N3O/c1-11-10-14(16-15(19)12-6-2-3-7-12)18(17-11)13-8-4-5-9-13/h10,12-13H,2-9H2,1H3,(H,16,19). The van der Waals surface area contributed by atoms with E-state index in [1.54, 1.807) is 0 Å². The average molecular weight is 261 g/mol. The van der Waals surface area contributed by atoms with Crippen LogP contribution in [-0.2, 0) is 4.79 Å². The molecule has 2 fully saturated rings. The summed E-state index contributed by atoms with van der Waals surface area (Å²) in [4.78, 5) is 12.2. The van der Waals surface area contributed by atoms with Crippen LogP contribution in [0.1, 0.15) is 63.1 Å². The fourth-order valence-corrected chi connectivity index (χ4v) is 3.45. The van der Waals surface area contributed by atoms with Crippen LogP contribution in [-0.4, -0.2) is 15.7 Å². The number of rotatable bonds is 3. The molecule has 0 radical (unpaired) electrons. The highest BCUT2D eigenvalue weighted by molar-refractivity contribution is 5.92. The Morgan fingerprint density at radius 1 is 1.21 bits per heavy atom. The minimum Gasteiger partial charge on any atom is -0.311 e. The van der Waals surface area contributed by atoms with Gasteiger partial charge in [-0.25, -0.2) is 4.68 Å². The minimum absolute atomic E-state index is 0.191. The third-order valence-corrected chi connectivity index (χ3v) is 4.51. The van der Waals surface area contributed by atoms with E-state index >= 15 is 0 Å². The molecule has 1 N–H and O–H groups in total. The molecule has 1 aromatic heterocycles. The van der Waals surface area contributed by atoms with Crippen LogP contribution in [0.4, 0.5) is 5.82 Å². The monoisotopic (exact) mass is 261 g/mol. The Balaban J connectivity index is 1.74. The maximum absolute atomic E-state index is 12.2. The summed E-state index contributed by atoms with van der Waals surface area (Å²) in [6.45, 7) is 2.00. The van der Waals surface area contributed by atoms with Crippen molar-refractivity contribution in [1.29, 1.82) is 0 Å². The van der Waals surface area contributed by atoms with Crippen LogP contribution in [0, 0.1) is 12.8 Å². The Morgan fingerprint density at radius 3 is 2.53 bits per heavy atom. The molecule has 0 spiro atoms. The quantitative estimate of drug-likeness (QED) is 0.906. The first kappa shape index (κ1) is 12.7. The van der Waals surface area contributed by atoms with Crippen LogP contribution >= 0.6 is 0 Å². The van der Waals surface area contributed by atoms with Gasteiger partial charge >= 0.3 is 0 Å². The molecule has 0 aromatic carbocycles. The Hall–Kier alpha value is -1.32. The predicted molar refractivity (Wildman–Crippen MR) is 75.1 cm³/mol. The molecule has 0 bridgehead atoms. The lowest BCUT2D eigenvalue weighted by molar-refractivity contribution is -0.119. The number of carbonyl (C=O) groups is 1. The van der Waals surface area contributed by atoms with Crippen LogP contribution in [0.3, 0.4) is 0 Å². The fourth-order valence-electron chi connectivity index (χ4n) is 3.45. The Bertz CT molecular complexity index is 454. The predicted octanol–water partition coefficient (Wildman–Crippen LogP) is 3.44. The second-order valence-electron chi connectivity index (χ2n) is 6.02. The number of hydrogen-bond acceptors (Lipinski definition) is 2. The van der Waals surface area contributed by atoms with Crippen molar-refractivity contribution in [3.05, 3.63) is 11.8 Å². The van der Waals surface area contributed by atoms with Gasteiger partial charge in [0.1, 0.15) is 5.82 Å². The average Bonchev–Trinajstić information content (AvgIpc) is 3.09. The number of hydrogen-bond donors (Lipinski definition) is 1. The highest BCUT2D eigenvalue weighted by atomic mass is 16.2. The van der Waals surface area contributed by atoms with E-state index in [1.165, 1.54) is 38.5 Å². The summed E-state index contributed by atoms with van der Waals surface area (Å²) in [6.07, 6.45) is 9.41. The summed E-state index contributed by atoms with van der Waals surface area (Å²) in [5.74, 6) is 1.31. The number of anilines is 1. The van der Waals surface area contributed by atoms with Gasteiger partial charge in [0.25, 0.3) is 0 Å². The molecule has 104 valence electrons. The first-order valence-electron chi connectivity index (χ1n) is 7.61. The molecule has 2 aliphatic rings. The molecule has 0 unspecified atom stereocenters. The molecule has 2 aliphatic carbocycles. The molecule has 3 rings (SSSR count). The number of amides is 1. The van der Waals surface area contributed by atoms with Crippen molar-refractivity contribution in [3.8, 4) is 0 Å². The van der Waals surface area contributed by atoms with E-state index in [0.717, 1.165) is 24.4 Å². The molecule has 2 saturated carbocycles. The van der Waals surface area contributed by atoms with Crippen molar-refractivity contribution < 1.29 is 4.79 Å². The van der Waals surface area contributed by atoms with E-state index in [-0.39, 0.29) is 11.8 Å². The molecule has 1 heterocycles. The van der Waals surface area contributed by atoms with Crippen LogP contribution in [0.15, 0.2) is 6.07 Å². The first-order valence-corrected chi connectivity index (χ1v) is 7.61. The normalized spacial score (nSPS) is 21.1. The summed E-state index contributed by atoms with van der Waals surface area (Å²) in [7, 11) is 0. The molecule has 4 nitrogen and oxygen atoms in total. The third-order valence-electron chi connectivity index (χ3n) is 4.51. The van der Waals surface area contributed by atoms with Crippen LogP contribution in [0.25, 0.3) is 0 Å². The molecule has 0 aliphatic heterocycles. The fraction of sp³-hybridized carbons (Fsp3) is 0.733. The Labute approximate surface area is 114 Å². The van der Waals surface area contributed by atoms with Gasteiger partial charge in [0.15, 0.2) is 0 Å². The van der Waals surface area contributed by atoms with Gasteiger partial charge in [-0.1, -0.05) is 25.7 Å². The Kier molecular flexibility index (Phi) is 3.58. The maximum Gasteiger partial charge on any atom is 0.228 e. The van der Waals surface area contributed by atoms with E-state index in [0.29, 0.717) is 6.04 Å². The number of nitrogens with zero attached hydrogens (tertiary/aromatic N) is 2. The van der Waals surface area contributed by atoms with Gasteiger partial charge in [-0.3, -0.25) is 4.79 Å². The molecule has 19 heavy (non-hydrogen) atoms. The zero-order valence-electron chi connectivity index (χ0n) is 11.7. The molecular weight excluding hydrogens is 238 g/mol. The first-order chi connectivity index (χ1) is 9.24. The largest absolute Gasteiger partial charge is 0.311 e. The van der Waals surface area contributed by atoms with Crippen molar-refractivity contribution in [2.75, 3.05) is 5.32 Å². The SMILES string of the molecule is Cc1cc(NC(=O)C2CCCC2)n(C2CCCC2)n1. The van der Waals surface area contributed by atoms with Crippen LogP contribution < -0.4 is 5.32 Å². The zero-order valence-corrected chi connectivity index (χ0v) is 11.7. The van der Waals surface area contributed by atoms with E-state index in [9.17, 15) is 4.79 Å². The smallest absolute Gasteiger partial charge is 0.228 e. The summed E-state index contributed by atoms with van der Waals surface area (Å²) in [5.41, 5.74) is 0.994. The maximum atomic E-state index is 12.2. The van der Waals surface area contributed by atoms with E-state index in [4.69, 9.17) is 0 Å². The molecule has 0 saturated heterocycles. The molecule has 1 amide bonds. The van der Waals surface area contributed by atoms with Crippen molar-refractivity contribution in [2.45, 2.75) is 64.3 Å². The van der Waals surface area contributed by atoms with Crippen LogP contribution in [0.2, 0.25) is 0 Å². The number of aryl methyl sites for hydroxylation is 1. The van der Waals surface area contributed by atoms with E-state index < -0.39 is 0 Å². The molecule has 1 aromatic rings. The van der Waals surface area contributed by atoms with Gasteiger partial charge in [0, 0.05) is 12.0 Å². The highest BCUT2D eigenvalue weighted by Crippen LogP contribution is 2.32. The van der Waals surface area contributed by atoms with Gasteiger partial charge in [-0.15, -0.1) is 0 Å². The molecular formula is C15H23N3O. The van der Waals surface area contributed by atoms with Gasteiger partial charge in [0.05, 0.1) is 11.7 Å². The van der Waals surface area contributed by atoms with Crippen molar-refractivity contribution in [3.63, 3.8) is 0 Å². The topological polar surface area (TPSA) is 46.9 Å². The van der Waals surface area contributed by atoms with Gasteiger partial charge in [-0.2, -0.15) is 5.10 Å². The zero-order chi connectivity index (χ0) is 13.2. The lowest BCUT2D eigenvalue weighted by Crippen LogP contribution is -2.23. The van der Waals surface area contributed by atoms with Crippen molar-refractivity contribution in [2.24, 2.45) is 5.92 Å². The summed E-state index contributed by atoms with van der Waals surface area (Å²) in [5, 5.41) is 7.69. The summed E-state index contributed by atoms with van der Waals surface area (Å²) >= 11 is 0. The van der Waals surface area contributed by atoms with Crippen molar-refractivity contribution in [1.82, 2.24) is 9.78 Å². The van der Waals surface area contributed by atoms with Gasteiger partial charge in [-0.05, 0) is 32.6 Å². The van der Waals surface area contributed by atoms with Crippen molar-refractivity contribution >= 4 is 11.7 Å². The van der Waals surface area contributed by atoms with Gasteiger partial charge in [0.2, 0.25) is 5.91 Å². The highest BCUT2D eigenvalue weighted by Gasteiger charge is 2.25. The summed E-state index contributed by atoms with van der Waals surface area (Å²) in [6, 6.07) is 2.48. The van der Waals surface area contributed by atoms with E-state index in [2.05, 4.69) is 15.1 Å². The number of aromatic nitrogens is 2. The number of carbonyl (C=O) groups excluding carboxylic acids is 1. The third kappa shape index (κ3) is 2.67. The van der Waals surface area contributed by atoms with Crippen LogP contribution in [0.5, 0.6) is 0 Å². The second-order valence-corrected chi connectivity index (χ2v) is 6.02. The number of nitrogens with one attached hydrogen (secondary N) is 1. The second kappa shape index (κ2) is 5.35. The Morgan fingerprint density at radius 2 is 1.84 bits per heavy atom. The lowest BCUT2D eigenvalue weighted by atomic mass is 10.1. The minimum atomic E-state index is 0.191. The van der Waals surface area contributed by atoms with Gasteiger partial charge < -0.3 is 5.32 Å². The molecule has 0 atom stereocenters. The lowest BCUT2D eigenvalue weighted by Gasteiger charge is -2.16. The van der Waals surface area contributed by atoms with E-state index in [1.807, 2.05) is 13.0 Å². The summed E-state index contributed by atoms with van der Waals surface area (Å²) < 4.78 is 2.05.